The summed E-state index contributed by atoms with van der Waals surface area (Å²) in [4.78, 5) is 37.4. The van der Waals surface area contributed by atoms with Crippen molar-refractivity contribution in [1.82, 2.24) is 0 Å². The van der Waals surface area contributed by atoms with Crippen molar-refractivity contribution in [2.45, 2.75) is 43.3 Å². The topological polar surface area (TPSA) is 161 Å². The monoisotopic (exact) mass is 594 g/mol. The number of fused-ring (bicyclic) bond motifs is 1. The Morgan fingerprint density at radius 1 is 1.00 bits per heavy atom. The molecule has 12 nitrogen and oxygen atoms in total. The van der Waals surface area contributed by atoms with Crippen molar-refractivity contribution in [3.63, 3.8) is 0 Å². The molecule has 0 aromatic rings. The maximum absolute atomic E-state index is 13.9. The van der Waals surface area contributed by atoms with Gasteiger partial charge in [-0.2, -0.15) is 26.0 Å². The molecule has 6 unspecified atom stereocenters. The summed E-state index contributed by atoms with van der Waals surface area (Å²) >= 11 is 0. The van der Waals surface area contributed by atoms with Crippen molar-refractivity contribution >= 4 is 28.0 Å². The zero-order valence-corrected chi connectivity index (χ0v) is 21.7. The first kappa shape index (κ1) is 31.4. The van der Waals surface area contributed by atoms with Crippen LogP contribution in [0.15, 0.2) is 0 Å². The molecular formula is C22H30F4O12S. The van der Waals surface area contributed by atoms with E-state index < -0.39 is 94.3 Å². The van der Waals surface area contributed by atoms with E-state index in [4.69, 9.17) is 33.0 Å². The predicted molar refractivity (Wildman–Crippen MR) is 118 cm³/mol. The Balaban J connectivity index is 1.50. The Kier molecular flexibility index (Phi) is 10.2. The summed E-state index contributed by atoms with van der Waals surface area (Å²) in [6, 6.07) is 0. The molecule has 1 saturated heterocycles. The Bertz CT molecular complexity index is 1010. The first-order valence-electron chi connectivity index (χ1n) is 12.1. The second kappa shape index (κ2) is 12.6. The minimum Gasteiger partial charge on any atom is -0.463 e. The molecule has 3 fully saturated rings. The summed E-state index contributed by atoms with van der Waals surface area (Å²) in [6.07, 6.45) is -4.83. The molecule has 0 aromatic heterocycles. The second-order valence-electron chi connectivity index (χ2n) is 9.49. The van der Waals surface area contributed by atoms with Gasteiger partial charge in [-0.15, -0.1) is 0 Å². The Morgan fingerprint density at radius 3 is 2.23 bits per heavy atom. The fraction of sp³-hybridized carbons (Fsp3) is 0.864. The smallest absolute Gasteiger partial charge is 0.326 e. The fourth-order valence-corrected chi connectivity index (χ4v) is 5.89. The van der Waals surface area contributed by atoms with Crippen LogP contribution >= 0.6 is 0 Å². The number of rotatable bonds is 17. The normalized spacial score (nSPS) is 28.0. The first-order chi connectivity index (χ1) is 18.2. The molecule has 2 saturated carbocycles. The number of halogens is 4. The van der Waals surface area contributed by atoms with Crippen molar-refractivity contribution < 1.29 is 73.3 Å². The van der Waals surface area contributed by atoms with Gasteiger partial charge in [0.1, 0.15) is 24.6 Å². The minimum atomic E-state index is -5.43. The van der Waals surface area contributed by atoms with Gasteiger partial charge in [0.15, 0.2) is 0 Å². The van der Waals surface area contributed by atoms with Gasteiger partial charge in [0.05, 0.1) is 51.3 Å². The van der Waals surface area contributed by atoms with E-state index in [1.54, 1.807) is 0 Å². The molecule has 2 bridgehead atoms. The lowest BCUT2D eigenvalue weighted by Crippen LogP contribution is -2.46. The van der Waals surface area contributed by atoms with Gasteiger partial charge in [0, 0.05) is 25.4 Å². The number of esters is 3. The molecule has 1 aliphatic heterocycles. The van der Waals surface area contributed by atoms with Crippen LogP contribution in [-0.4, -0.2) is 107 Å². The molecule has 0 spiro atoms. The standard InChI is InChI=1S/C22H30F4O12S/c1-33-4-5-34-6-7-35-8-9-36-19(28)15-12-10-13-16(15)20(29)38-18(13)17(12)37-14(27)2-3-21(23,24)22(25,26)11-39(30,31)32/h12-13,15-18H,2-11H2,1H3,(H,30,31,32). The van der Waals surface area contributed by atoms with E-state index in [-0.39, 0.29) is 26.2 Å². The van der Waals surface area contributed by atoms with Crippen LogP contribution in [0.25, 0.3) is 0 Å². The van der Waals surface area contributed by atoms with Crippen LogP contribution in [0.2, 0.25) is 0 Å². The first-order valence-corrected chi connectivity index (χ1v) is 13.7. The highest BCUT2D eigenvalue weighted by Gasteiger charge is 2.70. The molecule has 39 heavy (non-hydrogen) atoms. The Hall–Kier alpha value is -2.08. The molecular weight excluding hydrogens is 564 g/mol. The average molecular weight is 595 g/mol. The van der Waals surface area contributed by atoms with Crippen molar-refractivity contribution in [3.05, 3.63) is 0 Å². The van der Waals surface area contributed by atoms with Gasteiger partial charge in [-0.3, -0.25) is 18.9 Å². The van der Waals surface area contributed by atoms with E-state index in [0.717, 1.165) is 0 Å². The number of alkyl halides is 4. The van der Waals surface area contributed by atoms with E-state index in [9.17, 15) is 40.4 Å². The van der Waals surface area contributed by atoms with E-state index in [1.807, 2.05) is 0 Å². The van der Waals surface area contributed by atoms with Gasteiger partial charge in [0.2, 0.25) is 0 Å². The Morgan fingerprint density at radius 2 is 1.62 bits per heavy atom. The predicted octanol–water partition coefficient (Wildman–Crippen LogP) is 0.867. The molecule has 3 aliphatic rings. The van der Waals surface area contributed by atoms with E-state index >= 15 is 0 Å². The van der Waals surface area contributed by atoms with E-state index in [1.165, 1.54) is 7.11 Å². The summed E-state index contributed by atoms with van der Waals surface area (Å²) < 4.78 is 116. The largest absolute Gasteiger partial charge is 0.463 e. The van der Waals surface area contributed by atoms with Gasteiger partial charge in [-0.25, -0.2) is 0 Å². The molecule has 1 heterocycles. The maximum Gasteiger partial charge on any atom is 0.326 e. The lowest BCUT2D eigenvalue weighted by molar-refractivity contribution is -0.202. The summed E-state index contributed by atoms with van der Waals surface area (Å²) in [6.45, 7) is 1.29. The van der Waals surface area contributed by atoms with E-state index in [0.29, 0.717) is 19.8 Å². The molecule has 0 aromatic carbocycles. The molecule has 17 heteroatoms. The molecule has 3 rings (SSSR count). The highest BCUT2D eigenvalue weighted by Crippen LogP contribution is 2.59. The van der Waals surface area contributed by atoms with Gasteiger partial charge >= 0.3 is 29.8 Å². The lowest BCUT2D eigenvalue weighted by atomic mass is 9.78. The number of carbonyl (C=O) groups excluding carboxylic acids is 3. The average Bonchev–Trinajstić information content (AvgIpc) is 3.44. The summed E-state index contributed by atoms with van der Waals surface area (Å²) in [5, 5.41) is 0. The molecule has 0 radical (unpaired) electrons. The van der Waals surface area contributed by atoms with Gasteiger partial charge in [-0.1, -0.05) is 0 Å². The van der Waals surface area contributed by atoms with Crippen LogP contribution in [-0.2, 0) is 52.9 Å². The summed E-state index contributed by atoms with van der Waals surface area (Å²) in [7, 11) is -3.89. The number of hydrogen-bond donors (Lipinski definition) is 1. The van der Waals surface area contributed by atoms with Crippen LogP contribution in [0.5, 0.6) is 0 Å². The SMILES string of the molecule is COCCOCCOCCOC(=O)C1C2CC3C(OC(=O)C31)C2OC(=O)CCC(F)(F)C(F)(F)CS(=O)(=O)O. The van der Waals surface area contributed by atoms with Crippen LogP contribution in [0.1, 0.15) is 19.3 Å². The highest BCUT2D eigenvalue weighted by molar-refractivity contribution is 7.85. The van der Waals surface area contributed by atoms with Gasteiger partial charge < -0.3 is 28.4 Å². The number of carbonyl (C=O) groups is 3. The van der Waals surface area contributed by atoms with Crippen molar-refractivity contribution in [3.8, 4) is 0 Å². The lowest BCUT2D eigenvalue weighted by Gasteiger charge is -2.30. The number of hydrogen-bond acceptors (Lipinski definition) is 11. The number of methoxy groups -OCH3 is 1. The zero-order chi connectivity index (χ0) is 29.0. The zero-order valence-electron chi connectivity index (χ0n) is 20.9. The van der Waals surface area contributed by atoms with Crippen LogP contribution in [0.4, 0.5) is 17.6 Å². The summed E-state index contributed by atoms with van der Waals surface area (Å²) in [5.74, 6) is -18.4. The maximum atomic E-state index is 13.9. The van der Waals surface area contributed by atoms with Gasteiger partial charge in [-0.05, 0) is 6.42 Å². The third-order valence-corrected chi connectivity index (χ3v) is 7.63. The van der Waals surface area contributed by atoms with Crippen LogP contribution < -0.4 is 0 Å². The Labute approximate surface area is 221 Å². The third kappa shape index (κ3) is 7.56. The molecule has 2 aliphatic carbocycles. The molecule has 224 valence electrons. The quantitative estimate of drug-likeness (QED) is 0.0833. The van der Waals surface area contributed by atoms with Gasteiger partial charge in [0.25, 0.3) is 10.1 Å². The van der Waals surface area contributed by atoms with Crippen LogP contribution in [0.3, 0.4) is 0 Å². The third-order valence-electron chi connectivity index (χ3n) is 6.90. The highest BCUT2D eigenvalue weighted by atomic mass is 32.2. The van der Waals surface area contributed by atoms with Crippen molar-refractivity contribution in [2.75, 3.05) is 52.5 Å². The summed E-state index contributed by atoms with van der Waals surface area (Å²) in [5.41, 5.74) is 0. The van der Waals surface area contributed by atoms with Crippen LogP contribution in [0, 0.1) is 23.7 Å². The fourth-order valence-electron chi connectivity index (χ4n) is 5.22. The van der Waals surface area contributed by atoms with Crippen molar-refractivity contribution in [1.29, 1.82) is 0 Å². The second-order valence-corrected chi connectivity index (χ2v) is 10.9. The molecule has 6 atom stereocenters. The molecule has 0 amide bonds. The van der Waals surface area contributed by atoms with Crippen molar-refractivity contribution in [2.24, 2.45) is 23.7 Å². The number of ether oxygens (including phenoxy) is 6. The molecule has 1 N–H and O–H groups in total. The van der Waals surface area contributed by atoms with E-state index in [2.05, 4.69) is 0 Å². The minimum absolute atomic E-state index is 0.0484.